The quantitative estimate of drug-likeness (QED) is 0.288. The lowest BCUT2D eigenvalue weighted by Gasteiger charge is -2.17. The summed E-state index contributed by atoms with van der Waals surface area (Å²) in [7, 11) is 0. The Hall–Kier alpha value is -1.12. The van der Waals surface area contributed by atoms with Gasteiger partial charge in [-0.3, -0.25) is 14.4 Å². The van der Waals surface area contributed by atoms with Crippen LogP contribution in [0.4, 0.5) is 0 Å². The maximum atomic E-state index is 12.6. The van der Waals surface area contributed by atoms with Crippen LogP contribution >= 0.6 is 11.8 Å². The summed E-state index contributed by atoms with van der Waals surface area (Å²) in [5.41, 5.74) is 0. The van der Waals surface area contributed by atoms with Crippen LogP contribution in [0.25, 0.3) is 0 Å². The molecule has 2 amide bonds. The Kier molecular flexibility index (Phi) is 17.8. The van der Waals surface area contributed by atoms with Crippen molar-refractivity contribution in [2.45, 2.75) is 66.1 Å². The van der Waals surface area contributed by atoms with E-state index in [1.54, 1.807) is 0 Å². The molecule has 0 spiro atoms. The number of hydrogen-bond donors (Lipinski definition) is 2. The summed E-state index contributed by atoms with van der Waals surface area (Å²) in [6, 6.07) is 0. The molecule has 31 heavy (non-hydrogen) atoms. The lowest BCUT2D eigenvalue weighted by atomic mass is 10.0. The second-order valence-corrected chi connectivity index (χ2v) is 9.98. The monoisotopic (exact) mass is 460 g/mol. The molecule has 0 aliphatic carbocycles. The first-order valence-corrected chi connectivity index (χ1v) is 12.6. The standard InChI is InChI=1S/C23H44N2O5S/c1-7-19(6)20(26)8-13-31-21(23(28)25-10-12-30-16-18(4)5)14-22(27)24-9-11-29-15-17(2)3/h17-19,21H,7-16H2,1-6H3,(H,24,27)(H,25,28). The fourth-order valence-corrected chi connectivity index (χ4v) is 3.61. The lowest BCUT2D eigenvalue weighted by Crippen LogP contribution is -2.39. The first-order valence-electron chi connectivity index (χ1n) is 11.5. The summed E-state index contributed by atoms with van der Waals surface area (Å²) in [4.78, 5) is 37.0. The molecule has 8 heteroatoms. The summed E-state index contributed by atoms with van der Waals surface area (Å²) in [6.07, 6.45) is 1.29. The first kappa shape index (κ1) is 29.9. The largest absolute Gasteiger partial charge is 0.379 e. The number of amides is 2. The maximum Gasteiger partial charge on any atom is 0.233 e. The number of carbonyl (C=O) groups excluding carboxylic acids is 3. The highest BCUT2D eigenvalue weighted by Crippen LogP contribution is 2.18. The van der Waals surface area contributed by atoms with Gasteiger partial charge in [0.1, 0.15) is 5.78 Å². The molecule has 0 rings (SSSR count). The first-order chi connectivity index (χ1) is 14.7. The minimum atomic E-state index is -0.536. The van der Waals surface area contributed by atoms with E-state index in [2.05, 4.69) is 38.3 Å². The van der Waals surface area contributed by atoms with Crippen molar-refractivity contribution in [3.63, 3.8) is 0 Å². The predicted molar refractivity (Wildman–Crippen MR) is 127 cm³/mol. The highest BCUT2D eigenvalue weighted by atomic mass is 32.2. The molecular formula is C23H44N2O5S. The Labute approximate surface area is 193 Å². The number of nitrogens with one attached hydrogen (secondary N) is 2. The number of carbonyl (C=O) groups is 3. The Balaban J connectivity index is 4.51. The minimum Gasteiger partial charge on any atom is -0.379 e. The van der Waals surface area contributed by atoms with Gasteiger partial charge in [-0.05, 0) is 18.3 Å². The molecule has 0 aromatic heterocycles. The van der Waals surface area contributed by atoms with E-state index in [0.717, 1.165) is 6.42 Å². The van der Waals surface area contributed by atoms with Crippen molar-refractivity contribution in [3.8, 4) is 0 Å². The maximum absolute atomic E-state index is 12.6. The highest BCUT2D eigenvalue weighted by Gasteiger charge is 2.23. The van der Waals surface area contributed by atoms with Crippen LogP contribution < -0.4 is 10.6 Å². The van der Waals surface area contributed by atoms with Crippen LogP contribution in [0.2, 0.25) is 0 Å². The molecule has 0 saturated heterocycles. The fourth-order valence-electron chi connectivity index (χ4n) is 2.50. The van der Waals surface area contributed by atoms with E-state index in [1.807, 2.05) is 13.8 Å². The van der Waals surface area contributed by atoms with Crippen molar-refractivity contribution < 1.29 is 23.9 Å². The molecule has 7 nitrogen and oxygen atoms in total. The number of thioether (sulfide) groups is 1. The Morgan fingerprint density at radius 3 is 1.94 bits per heavy atom. The third-order valence-electron chi connectivity index (χ3n) is 4.51. The third-order valence-corrected chi connectivity index (χ3v) is 5.73. The number of ether oxygens (including phenoxy) is 2. The van der Waals surface area contributed by atoms with Crippen LogP contribution in [0.1, 0.15) is 60.8 Å². The molecule has 2 N–H and O–H groups in total. The molecule has 0 aromatic rings. The molecule has 0 aliphatic heterocycles. The van der Waals surface area contributed by atoms with Crippen molar-refractivity contribution in [1.82, 2.24) is 10.6 Å². The van der Waals surface area contributed by atoms with Gasteiger partial charge in [0.25, 0.3) is 0 Å². The lowest BCUT2D eigenvalue weighted by molar-refractivity contribution is -0.126. The van der Waals surface area contributed by atoms with E-state index >= 15 is 0 Å². The molecular weight excluding hydrogens is 416 g/mol. The van der Waals surface area contributed by atoms with Crippen molar-refractivity contribution in [3.05, 3.63) is 0 Å². The van der Waals surface area contributed by atoms with E-state index in [-0.39, 0.29) is 29.9 Å². The Bertz CT molecular complexity index is 514. The summed E-state index contributed by atoms with van der Waals surface area (Å²) < 4.78 is 11.0. The molecule has 0 fully saturated rings. The molecule has 0 aromatic carbocycles. The summed E-state index contributed by atoms with van der Waals surface area (Å²) in [5, 5.41) is 5.12. The molecule has 2 unspecified atom stereocenters. The van der Waals surface area contributed by atoms with Crippen molar-refractivity contribution in [2.24, 2.45) is 17.8 Å². The summed E-state index contributed by atoms with van der Waals surface area (Å²) in [5.74, 6) is 1.25. The van der Waals surface area contributed by atoms with E-state index in [9.17, 15) is 14.4 Å². The van der Waals surface area contributed by atoms with Gasteiger partial charge >= 0.3 is 0 Å². The molecule has 2 atom stereocenters. The van der Waals surface area contributed by atoms with Crippen LogP contribution in [-0.4, -0.2) is 68.1 Å². The van der Waals surface area contributed by atoms with Crippen molar-refractivity contribution >= 4 is 29.4 Å². The van der Waals surface area contributed by atoms with Crippen LogP contribution in [0.3, 0.4) is 0 Å². The van der Waals surface area contributed by atoms with Crippen molar-refractivity contribution in [2.75, 3.05) is 45.3 Å². The molecule has 0 saturated carbocycles. The second kappa shape index (κ2) is 18.5. The minimum absolute atomic E-state index is 0.0279. The smallest absolute Gasteiger partial charge is 0.233 e. The van der Waals surface area contributed by atoms with Gasteiger partial charge in [-0.1, -0.05) is 41.5 Å². The van der Waals surface area contributed by atoms with Gasteiger partial charge in [0.2, 0.25) is 11.8 Å². The van der Waals surface area contributed by atoms with Crippen LogP contribution in [0.5, 0.6) is 0 Å². The van der Waals surface area contributed by atoms with Crippen LogP contribution in [0.15, 0.2) is 0 Å². The molecule has 0 radical (unpaired) electrons. The van der Waals surface area contributed by atoms with Gasteiger partial charge in [-0.25, -0.2) is 0 Å². The fraction of sp³-hybridized carbons (Fsp3) is 0.870. The highest BCUT2D eigenvalue weighted by molar-refractivity contribution is 8.00. The summed E-state index contributed by atoms with van der Waals surface area (Å²) in [6.45, 7) is 15.2. The Morgan fingerprint density at radius 2 is 1.42 bits per heavy atom. The number of Topliss-reactive ketones (excluding diaryl/α,β-unsaturated/α-hetero) is 1. The van der Waals surface area contributed by atoms with E-state index in [0.29, 0.717) is 63.5 Å². The third kappa shape index (κ3) is 17.2. The van der Waals surface area contributed by atoms with Crippen LogP contribution in [0, 0.1) is 17.8 Å². The normalized spacial score (nSPS) is 13.3. The molecule has 0 heterocycles. The van der Waals surface area contributed by atoms with E-state index < -0.39 is 5.25 Å². The SMILES string of the molecule is CCC(C)C(=O)CCSC(CC(=O)NCCOCC(C)C)C(=O)NCCOCC(C)C. The second-order valence-electron chi connectivity index (χ2n) is 8.67. The van der Waals surface area contributed by atoms with Crippen molar-refractivity contribution in [1.29, 1.82) is 0 Å². The van der Waals surface area contributed by atoms with Gasteiger partial charge < -0.3 is 20.1 Å². The molecule has 0 aliphatic rings. The van der Waals surface area contributed by atoms with Gasteiger partial charge in [-0.2, -0.15) is 0 Å². The zero-order valence-corrected chi connectivity index (χ0v) is 21.1. The van der Waals surface area contributed by atoms with Crippen LogP contribution in [-0.2, 0) is 23.9 Å². The van der Waals surface area contributed by atoms with Gasteiger partial charge in [0.15, 0.2) is 0 Å². The van der Waals surface area contributed by atoms with Gasteiger partial charge in [-0.15, -0.1) is 11.8 Å². The zero-order chi connectivity index (χ0) is 23.6. The van der Waals surface area contributed by atoms with E-state index in [1.165, 1.54) is 11.8 Å². The topological polar surface area (TPSA) is 93.7 Å². The van der Waals surface area contributed by atoms with E-state index in [4.69, 9.17) is 9.47 Å². The predicted octanol–water partition coefficient (Wildman–Crippen LogP) is 3.06. The number of rotatable bonds is 19. The number of ketones is 1. The molecule has 0 bridgehead atoms. The van der Waals surface area contributed by atoms with Gasteiger partial charge in [0, 0.05) is 50.8 Å². The summed E-state index contributed by atoms with van der Waals surface area (Å²) >= 11 is 1.36. The van der Waals surface area contributed by atoms with Gasteiger partial charge in [0.05, 0.1) is 18.5 Å². The average molecular weight is 461 g/mol. The molecule has 182 valence electrons. The average Bonchev–Trinajstić information content (AvgIpc) is 2.71. The zero-order valence-electron chi connectivity index (χ0n) is 20.3. The number of hydrogen-bond acceptors (Lipinski definition) is 6. The Morgan fingerprint density at radius 1 is 0.871 bits per heavy atom.